The minimum atomic E-state index is -2.04. The van der Waals surface area contributed by atoms with E-state index in [1.807, 2.05) is 0 Å². The summed E-state index contributed by atoms with van der Waals surface area (Å²) in [6, 6.07) is 1.49. The molecule has 1 aromatic rings. The van der Waals surface area contributed by atoms with E-state index in [4.69, 9.17) is 69.6 Å². The Morgan fingerprint density at radius 1 is 1.19 bits per heavy atom. The first kappa shape index (κ1) is 17.6. The average molecular weight is 413 g/mol. The summed E-state index contributed by atoms with van der Waals surface area (Å²) < 4.78 is -3.80. The molecule has 2 rings (SSSR count). The number of hydrogen-bond acceptors (Lipinski definition) is 5. The third-order valence-electron chi connectivity index (χ3n) is 2.70. The lowest BCUT2D eigenvalue weighted by Crippen LogP contribution is -2.53. The van der Waals surface area contributed by atoms with Crippen molar-refractivity contribution in [2.75, 3.05) is 5.01 Å². The highest BCUT2D eigenvalue weighted by molar-refractivity contribution is 6.68. The molecule has 2 heterocycles. The van der Waals surface area contributed by atoms with Crippen LogP contribution in [0.3, 0.4) is 0 Å². The van der Waals surface area contributed by atoms with Crippen molar-refractivity contribution in [1.29, 1.82) is 0 Å². The van der Waals surface area contributed by atoms with Crippen LogP contribution in [0, 0.1) is 6.92 Å². The van der Waals surface area contributed by atoms with Crippen molar-refractivity contribution < 1.29 is 5.11 Å². The van der Waals surface area contributed by atoms with Crippen LogP contribution in [0.5, 0.6) is 0 Å². The van der Waals surface area contributed by atoms with Crippen molar-refractivity contribution in [2.45, 2.75) is 26.7 Å². The standard InChI is InChI=1S/C10H8Cl6N4O/c1-5-4-6(9(11,12)13)19-7(18-5)20-8(21,2-3-17-20)10(14,15)16/h3-4,21H,2H2,1H3. The number of hydrogen-bond donors (Lipinski definition) is 1. The molecule has 0 saturated carbocycles. The van der Waals surface area contributed by atoms with Crippen molar-refractivity contribution in [3.8, 4) is 0 Å². The van der Waals surface area contributed by atoms with Gasteiger partial charge in [-0.2, -0.15) is 10.1 Å². The zero-order valence-corrected chi connectivity index (χ0v) is 14.9. The summed E-state index contributed by atoms with van der Waals surface area (Å²) in [5.41, 5.74) is -1.32. The zero-order valence-electron chi connectivity index (χ0n) is 10.4. The number of anilines is 1. The maximum atomic E-state index is 10.6. The van der Waals surface area contributed by atoms with Gasteiger partial charge in [-0.3, -0.25) is 0 Å². The number of hydrazone groups is 1. The normalized spacial score (nSPS) is 23.0. The highest BCUT2D eigenvalue weighted by Crippen LogP contribution is 2.46. The van der Waals surface area contributed by atoms with Crippen LogP contribution >= 0.6 is 69.6 Å². The van der Waals surface area contributed by atoms with Crippen molar-refractivity contribution in [3.63, 3.8) is 0 Å². The lowest BCUT2D eigenvalue weighted by molar-refractivity contribution is 0.0553. The van der Waals surface area contributed by atoms with Crippen LogP contribution < -0.4 is 5.01 Å². The molecule has 0 bridgehead atoms. The van der Waals surface area contributed by atoms with Gasteiger partial charge < -0.3 is 5.11 Å². The number of aliphatic hydroxyl groups is 1. The predicted molar refractivity (Wildman–Crippen MR) is 86.8 cm³/mol. The molecule has 1 aliphatic heterocycles. The molecule has 0 spiro atoms. The Morgan fingerprint density at radius 2 is 1.81 bits per heavy atom. The highest BCUT2D eigenvalue weighted by atomic mass is 35.6. The minimum Gasteiger partial charge on any atom is -0.365 e. The summed E-state index contributed by atoms with van der Waals surface area (Å²) in [6.07, 6.45) is 1.35. The number of rotatable bonds is 1. The molecule has 116 valence electrons. The zero-order chi connectivity index (χ0) is 16.1. The van der Waals surface area contributed by atoms with Crippen LogP contribution in [0.2, 0.25) is 0 Å². The molecule has 0 saturated heterocycles. The number of alkyl halides is 6. The van der Waals surface area contributed by atoms with Gasteiger partial charge in [0, 0.05) is 18.3 Å². The van der Waals surface area contributed by atoms with E-state index in [0.29, 0.717) is 5.69 Å². The van der Waals surface area contributed by atoms with E-state index in [-0.39, 0.29) is 18.1 Å². The fraction of sp³-hybridized carbons (Fsp3) is 0.500. The van der Waals surface area contributed by atoms with E-state index in [1.165, 1.54) is 12.3 Å². The Labute approximate surface area is 150 Å². The molecule has 1 atom stereocenters. The maximum absolute atomic E-state index is 10.6. The fourth-order valence-corrected chi connectivity index (χ4v) is 2.44. The maximum Gasteiger partial charge on any atom is 0.249 e. The summed E-state index contributed by atoms with van der Waals surface area (Å²) in [7, 11) is 0. The van der Waals surface area contributed by atoms with E-state index in [2.05, 4.69) is 15.1 Å². The second-order valence-electron chi connectivity index (χ2n) is 4.32. The molecule has 1 aliphatic rings. The molecule has 0 aliphatic carbocycles. The summed E-state index contributed by atoms with van der Waals surface area (Å²) in [4.78, 5) is 8.19. The first-order chi connectivity index (χ1) is 9.45. The third kappa shape index (κ3) is 3.44. The predicted octanol–water partition coefficient (Wildman–Crippen LogP) is 3.87. The van der Waals surface area contributed by atoms with Crippen LogP contribution in [-0.2, 0) is 3.79 Å². The SMILES string of the molecule is Cc1cc(C(Cl)(Cl)Cl)nc(N2N=CCC2(O)C(Cl)(Cl)Cl)n1. The summed E-state index contributed by atoms with van der Waals surface area (Å²) in [6.45, 7) is 1.67. The summed E-state index contributed by atoms with van der Waals surface area (Å²) in [5, 5.41) is 15.5. The van der Waals surface area contributed by atoms with Crippen molar-refractivity contribution in [2.24, 2.45) is 5.10 Å². The molecule has 5 nitrogen and oxygen atoms in total. The molecule has 0 aromatic carbocycles. The van der Waals surface area contributed by atoms with Crippen molar-refractivity contribution in [3.05, 3.63) is 17.5 Å². The monoisotopic (exact) mass is 410 g/mol. The molecule has 0 fully saturated rings. The van der Waals surface area contributed by atoms with Gasteiger partial charge in [-0.25, -0.2) is 9.97 Å². The largest absolute Gasteiger partial charge is 0.365 e. The summed E-state index contributed by atoms with van der Waals surface area (Å²) in [5.74, 6) is -0.0427. The average Bonchev–Trinajstić information content (AvgIpc) is 2.70. The topological polar surface area (TPSA) is 61.6 Å². The molecule has 0 amide bonds. The first-order valence-corrected chi connectivity index (χ1v) is 7.76. The van der Waals surface area contributed by atoms with E-state index >= 15 is 0 Å². The highest BCUT2D eigenvalue weighted by Gasteiger charge is 2.55. The number of aromatic nitrogens is 2. The summed E-state index contributed by atoms with van der Waals surface area (Å²) >= 11 is 34.9. The Hall–Kier alpha value is 0.250. The number of aryl methyl sites for hydroxylation is 1. The minimum absolute atomic E-state index is 0.0239. The van der Waals surface area contributed by atoms with Crippen molar-refractivity contribution >= 4 is 81.8 Å². The van der Waals surface area contributed by atoms with Crippen LogP contribution in [0.1, 0.15) is 17.8 Å². The van der Waals surface area contributed by atoms with E-state index < -0.39 is 13.3 Å². The van der Waals surface area contributed by atoms with Crippen LogP contribution in [0.25, 0.3) is 0 Å². The van der Waals surface area contributed by atoms with E-state index in [0.717, 1.165) is 5.01 Å². The van der Waals surface area contributed by atoms with Crippen LogP contribution in [-0.4, -0.2) is 30.8 Å². The number of nitrogens with zero attached hydrogens (tertiary/aromatic N) is 4. The van der Waals surface area contributed by atoms with Crippen LogP contribution in [0.15, 0.2) is 11.2 Å². The first-order valence-electron chi connectivity index (χ1n) is 5.50. The molecular weight excluding hydrogens is 405 g/mol. The second kappa shape index (κ2) is 5.71. The van der Waals surface area contributed by atoms with Gasteiger partial charge in [-0.05, 0) is 13.0 Å². The van der Waals surface area contributed by atoms with Gasteiger partial charge >= 0.3 is 0 Å². The molecule has 21 heavy (non-hydrogen) atoms. The Morgan fingerprint density at radius 3 is 2.33 bits per heavy atom. The van der Waals surface area contributed by atoms with E-state index in [1.54, 1.807) is 6.92 Å². The van der Waals surface area contributed by atoms with Gasteiger partial charge in [0.25, 0.3) is 0 Å². The van der Waals surface area contributed by atoms with Gasteiger partial charge in [0.2, 0.25) is 19.3 Å². The van der Waals surface area contributed by atoms with Gasteiger partial charge in [-0.15, -0.1) is 0 Å². The third-order valence-corrected chi connectivity index (χ3v) is 4.19. The fourth-order valence-electron chi connectivity index (χ4n) is 1.68. The smallest absolute Gasteiger partial charge is 0.249 e. The molecule has 0 radical (unpaired) electrons. The van der Waals surface area contributed by atoms with Crippen LogP contribution in [0.4, 0.5) is 5.95 Å². The van der Waals surface area contributed by atoms with Crippen molar-refractivity contribution in [1.82, 2.24) is 9.97 Å². The lowest BCUT2D eigenvalue weighted by Gasteiger charge is -2.36. The molecule has 1 N–H and O–H groups in total. The van der Waals surface area contributed by atoms with E-state index in [9.17, 15) is 5.11 Å². The van der Waals surface area contributed by atoms with Gasteiger partial charge in [0.15, 0.2) is 0 Å². The molecule has 1 aromatic heterocycles. The van der Waals surface area contributed by atoms with Gasteiger partial charge in [-0.1, -0.05) is 69.6 Å². The Balaban J connectivity index is 2.52. The molecule has 1 unspecified atom stereocenters. The van der Waals surface area contributed by atoms with Gasteiger partial charge in [0.1, 0.15) is 0 Å². The molecule has 11 heteroatoms. The Kier molecular flexibility index (Phi) is 4.79. The number of halogens is 6. The Bertz CT molecular complexity index is 584. The van der Waals surface area contributed by atoms with Gasteiger partial charge in [0.05, 0.1) is 5.69 Å². The quantitative estimate of drug-likeness (QED) is 0.711. The second-order valence-corrected chi connectivity index (χ2v) is 8.88. The lowest BCUT2D eigenvalue weighted by atomic mass is 10.2. The molecular formula is C10H8Cl6N4O.